The zero-order valence-electron chi connectivity index (χ0n) is 13.7. The van der Waals surface area contributed by atoms with Gasteiger partial charge in [-0.2, -0.15) is 5.26 Å². The lowest BCUT2D eigenvalue weighted by molar-refractivity contribution is -0.145. The number of aliphatic imine (C=N–C) groups is 1. The molecule has 1 aromatic rings. The maximum atomic E-state index is 12.5. The Morgan fingerprint density at radius 1 is 1.28 bits per heavy atom. The Morgan fingerprint density at radius 2 is 1.84 bits per heavy atom. The average Bonchev–Trinajstić information content (AvgIpc) is 2.83. The second-order valence-corrected chi connectivity index (χ2v) is 5.75. The summed E-state index contributed by atoms with van der Waals surface area (Å²) in [7, 11) is 0. The van der Waals surface area contributed by atoms with Crippen LogP contribution in [0.3, 0.4) is 0 Å². The fourth-order valence-electron chi connectivity index (χ4n) is 2.75. The molecule has 1 heterocycles. The molecule has 0 spiro atoms. The number of unbranched alkanes of at least 4 members (excludes halogenated alkanes) is 1. The van der Waals surface area contributed by atoms with E-state index in [0.717, 1.165) is 0 Å². The van der Waals surface area contributed by atoms with Crippen molar-refractivity contribution in [1.29, 1.82) is 5.26 Å². The monoisotopic (exact) mass is 342 g/mol. The van der Waals surface area contributed by atoms with Gasteiger partial charge in [-0.3, -0.25) is 14.6 Å². The summed E-state index contributed by atoms with van der Waals surface area (Å²) in [6.45, 7) is 2.02. The molecular weight excluding hydrogens is 324 g/mol. The maximum Gasteiger partial charge on any atom is 0.345 e. The van der Waals surface area contributed by atoms with Crippen LogP contribution in [-0.4, -0.2) is 45.7 Å². The molecule has 130 valence electrons. The summed E-state index contributed by atoms with van der Waals surface area (Å²) in [5, 5.41) is 19.2. The van der Waals surface area contributed by atoms with E-state index in [4.69, 9.17) is 5.73 Å². The Hall–Kier alpha value is -3.21. The number of carboxylic acids is 1. The quantitative estimate of drug-likeness (QED) is 0.330. The van der Waals surface area contributed by atoms with Crippen molar-refractivity contribution in [3.63, 3.8) is 0 Å². The molecule has 1 unspecified atom stereocenters. The summed E-state index contributed by atoms with van der Waals surface area (Å²) in [6.07, 6.45) is 0.599. The maximum absolute atomic E-state index is 12.5. The molecule has 8 nitrogen and oxygen atoms in total. The number of nitrogens with zero attached hydrogens (tertiary/aromatic N) is 3. The standard InChI is InChI=1S/C17H18N4O4/c1-11(19)20-9-5-4-8-17(10-18,16(24)25)21-14(22)12-6-2-3-7-13(12)15(21)23/h2-3,6-7H,4-5,8-9H2,1H3,(H2,19,20)(H,24,25). The molecule has 25 heavy (non-hydrogen) atoms. The van der Waals surface area contributed by atoms with Crippen LogP contribution in [0.25, 0.3) is 0 Å². The highest BCUT2D eigenvalue weighted by atomic mass is 16.4. The van der Waals surface area contributed by atoms with Crippen molar-refractivity contribution in [2.24, 2.45) is 10.7 Å². The van der Waals surface area contributed by atoms with Crippen molar-refractivity contribution in [2.45, 2.75) is 31.7 Å². The first-order valence-electron chi connectivity index (χ1n) is 7.74. The van der Waals surface area contributed by atoms with E-state index < -0.39 is 23.3 Å². The average molecular weight is 342 g/mol. The molecule has 0 aliphatic carbocycles. The summed E-state index contributed by atoms with van der Waals surface area (Å²) in [6, 6.07) is 7.72. The van der Waals surface area contributed by atoms with E-state index in [9.17, 15) is 24.8 Å². The highest BCUT2D eigenvalue weighted by Gasteiger charge is 2.54. The number of nitriles is 1. The number of rotatable bonds is 7. The fourth-order valence-corrected chi connectivity index (χ4v) is 2.75. The lowest BCUT2D eigenvalue weighted by Crippen LogP contribution is -2.56. The third-order valence-electron chi connectivity index (χ3n) is 4.02. The third kappa shape index (κ3) is 3.21. The van der Waals surface area contributed by atoms with Crippen molar-refractivity contribution in [1.82, 2.24) is 4.90 Å². The van der Waals surface area contributed by atoms with Crippen LogP contribution in [0.1, 0.15) is 46.9 Å². The van der Waals surface area contributed by atoms with Crippen LogP contribution in [-0.2, 0) is 4.79 Å². The highest BCUT2D eigenvalue weighted by molar-refractivity contribution is 6.23. The molecule has 8 heteroatoms. The molecule has 1 aliphatic heterocycles. The van der Waals surface area contributed by atoms with Crippen LogP contribution in [0, 0.1) is 11.3 Å². The Balaban J connectivity index is 2.28. The summed E-state index contributed by atoms with van der Waals surface area (Å²) in [4.78, 5) is 41.5. The van der Waals surface area contributed by atoms with Gasteiger partial charge in [-0.1, -0.05) is 12.1 Å². The zero-order valence-corrected chi connectivity index (χ0v) is 13.7. The van der Waals surface area contributed by atoms with E-state index in [1.54, 1.807) is 25.1 Å². The number of imide groups is 1. The normalized spacial score (nSPS) is 16.3. The van der Waals surface area contributed by atoms with Gasteiger partial charge in [0.25, 0.3) is 11.8 Å². The molecule has 3 N–H and O–H groups in total. The first kappa shape index (κ1) is 18.1. The van der Waals surface area contributed by atoms with E-state index in [2.05, 4.69) is 4.99 Å². The van der Waals surface area contributed by atoms with Crippen molar-refractivity contribution in [3.8, 4) is 6.07 Å². The summed E-state index contributed by atoms with van der Waals surface area (Å²) in [5.74, 6) is -2.64. The summed E-state index contributed by atoms with van der Waals surface area (Å²) < 4.78 is 0. The van der Waals surface area contributed by atoms with Gasteiger partial charge in [0.1, 0.15) is 6.07 Å². The highest BCUT2D eigenvalue weighted by Crippen LogP contribution is 2.32. The minimum atomic E-state index is -2.24. The van der Waals surface area contributed by atoms with E-state index in [-0.39, 0.29) is 17.5 Å². The van der Waals surface area contributed by atoms with Crippen molar-refractivity contribution >= 4 is 23.6 Å². The lowest BCUT2D eigenvalue weighted by atomic mass is 9.92. The number of aliphatic carboxylic acids is 1. The predicted molar refractivity (Wildman–Crippen MR) is 88.9 cm³/mol. The number of carbonyl (C=O) groups is 3. The third-order valence-corrected chi connectivity index (χ3v) is 4.02. The Morgan fingerprint density at radius 3 is 2.28 bits per heavy atom. The number of amidine groups is 1. The first-order valence-corrected chi connectivity index (χ1v) is 7.74. The SMILES string of the molecule is CC(N)=NCCCCC(C#N)(C(=O)O)N1C(=O)c2ccccc2C1=O. The molecule has 1 aliphatic rings. The van der Waals surface area contributed by atoms with E-state index in [1.165, 1.54) is 12.1 Å². The number of hydrogen-bond donors (Lipinski definition) is 2. The molecule has 0 radical (unpaired) electrons. The molecule has 1 aromatic carbocycles. The zero-order chi connectivity index (χ0) is 18.6. The van der Waals surface area contributed by atoms with Crippen molar-refractivity contribution in [2.75, 3.05) is 6.54 Å². The number of carbonyl (C=O) groups excluding carboxylic acids is 2. The van der Waals surface area contributed by atoms with Crippen LogP contribution in [0.5, 0.6) is 0 Å². The van der Waals surface area contributed by atoms with Gasteiger partial charge < -0.3 is 10.8 Å². The number of fused-ring (bicyclic) bond motifs is 1. The molecule has 2 rings (SSSR count). The second-order valence-electron chi connectivity index (χ2n) is 5.75. The fraction of sp³-hybridized carbons (Fsp3) is 0.353. The van der Waals surface area contributed by atoms with Crippen LogP contribution < -0.4 is 5.73 Å². The Bertz CT molecular complexity index is 757. The summed E-state index contributed by atoms with van der Waals surface area (Å²) >= 11 is 0. The van der Waals surface area contributed by atoms with Gasteiger partial charge in [-0.25, -0.2) is 9.69 Å². The molecule has 1 atom stereocenters. The number of hydrogen-bond acceptors (Lipinski definition) is 5. The molecular formula is C17H18N4O4. The Labute approximate surface area is 144 Å². The molecule has 0 fully saturated rings. The largest absolute Gasteiger partial charge is 0.479 e. The van der Waals surface area contributed by atoms with Crippen LogP contribution in [0.15, 0.2) is 29.3 Å². The van der Waals surface area contributed by atoms with E-state index >= 15 is 0 Å². The first-order chi connectivity index (χ1) is 11.8. The molecule has 0 bridgehead atoms. The van der Waals surface area contributed by atoms with Gasteiger partial charge in [0.15, 0.2) is 0 Å². The van der Waals surface area contributed by atoms with E-state index in [0.29, 0.717) is 30.1 Å². The minimum Gasteiger partial charge on any atom is -0.479 e. The molecule has 2 amide bonds. The predicted octanol–water partition coefficient (Wildman–Crippen LogP) is 1.18. The Kier molecular flexibility index (Phi) is 5.17. The van der Waals surface area contributed by atoms with Gasteiger partial charge in [0, 0.05) is 6.54 Å². The molecule has 0 saturated carbocycles. The van der Waals surface area contributed by atoms with Crippen LogP contribution in [0.4, 0.5) is 0 Å². The van der Waals surface area contributed by atoms with Crippen molar-refractivity contribution in [3.05, 3.63) is 35.4 Å². The number of benzene rings is 1. The van der Waals surface area contributed by atoms with Gasteiger partial charge in [-0.15, -0.1) is 0 Å². The topological polar surface area (TPSA) is 137 Å². The minimum absolute atomic E-state index is 0.108. The van der Waals surface area contributed by atoms with Crippen LogP contribution in [0.2, 0.25) is 0 Å². The van der Waals surface area contributed by atoms with Gasteiger partial charge in [-0.05, 0) is 38.3 Å². The van der Waals surface area contributed by atoms with Crippen LogP contribution >= 0.6 is 0 Å². The van der Waals surface area contributed by atoms with Gasteiger partial charge in [0.05, 0.1) is 17.0 Å². The van der Waals surface area contributed by atoms with Gasteiger partial charge in [0.2, 0.25) is 5.54 Å². The lowest BCUT2D eigenvalue weighted by Gasteiger charge is -2.30. The molecule has 0 saturated heterocycles. The number of carboxylic acid groups (broad SMARTS) is 1. The second kappa shape index (κ2) is 7.13. The number of nitrogens with two attached hydrogens (primary N) is 1. The van der Waals surface area contributed by atoms with Gasteiger partial charge >= 0.3 is 5.97 Å². The molecule has 0 aromatic heterocycles. The van der Waals surface area contributed by atoms with Crippen molar-refractivity contribution < 1.29 is 19.5 Å². The summed E-state index contributed by atoms with van der Waals surface area (Å²) in [5.41, 5.74) is 3.40. The van der Waals surface area contributed by atoms with E-state index in [1.807, 2.05) is 0 Å². The number of amides is 2. The smallest absolute Gasteiger partial charge is 0.345 e.